The number of rotatable bonds is 11. The molecule has 0 heterocycles. The molecule has 0 N–H and O–H groups in total. The second-order valence-corrected chi connectivity index (χ2v) is 13.6. The number of fused-ring (bicyclic) bond motifs is 1. The van der Waals surface area contributed by atoms with Gasteiger partial charge >= 0.3 is 0 Å². The number of hydrogen-bond donors (Lipinski definition) is 0. The summed E-state index contributed by atoms with van der Waals surface area (Å²) in [5, 5.41) is 2.88. The maximum atomic E-state index is 3.01. The summed E-state index contributed by atoms with van der Waals surface area (Å²) in [5.74, 6) is 4.19. The molecule has 0 saturated heterocycles. The molecule has 4 atom stereocenters. The molecule has 6 saturated carbocycles. The largest absolute Gasteiger partial charge is 0.0776 e. The van der Waals surface area contributed by atoms with E-state index in [-0.39, 0.29) is 0 Å². The van der Waals surface area contributed by atoms with Gasteiger partial charge in [-0.2, -0.15) is 0 Å². The Labute approximate surface area is 202 Å². The zero-order valence-electron chi connectivity index (χ0n) is 19.3. The molecule has 2 aromatic rings. The van der Waals surface area contributed by atoms with Crippen molar-refractivity contribution in [1.82, 2.24) is 0 Å². The molecule has 4 unspecified atom stereocenters. The summed E-state index contributed by atoms with van der Waals surface area (Å²) in [6.07, 6.45) is 14.5. The standard InChI is InChI=1S/C30H37I/c1-3-5-7-11-17-27-25-23-28(18-12-8-6-4-2)24(26(27)30(25,28)31)29(23,27)22-16-15-20-13-9-10-14-21(20)19-22/h9-10,13-16,19,23-26H,3-8,11-12,17-18H2,1-2H3. The normalized spacial score (nSPS) is 46.4. The molecule has 0 amide bonds. The summed E-state index contributed by atoms with van der Waals surface area (Å²) >= 11 is 3.01. The summed E-state index contributed by atoms with van der Waals surface area (Å²) in [6, 6.07) is 16.7. The highest BCUT2D eigenvalue weighted by Crippen LogP contribution is 3.18. The van der Waals surface area contributed by atoms with Gasteiger partial charge in [0.05, 0.1) is 0 Å². The lowest BCUT2D eigenvalue weighted by molar-refractivity contribution is -0.650. The van der Waals surface area contributed by atoms with Crippen LogP contribution in [0.3, 0.4) is 0 Å². The molecule has 0 radical (unpaired) electrons. The van der Waals surface area contributed by atoms with E-state index in [1.54, 1.807) is 12.0 Å². The molecule has 0 aromatic heterocycles. The van der Waals surface area contributed by atoms with Gasteiger partial charge in [-0.15, -0.1) is 0 Å². The number of hydrogen-bond acceptors (Lipinski definition) is 0. The molecule has 31 heavy (non-hydrogen) atoms. The Morgan fingerprint density at radius 3 is 1.94 bits per heavy atom. The predicted molar refractivity (Wildman–Crippen MR) is 139 cm³/mol. The van der Waals surface area contributed by atoms with Gasteiger partial charge in [-0.3, -0.25) is 0 Å². The van der Waals surface area contributed by atoms with Crippen LogP contribution in [0.5, 0.6) is 0 Å². The molecular weight excluding hydrogens is 487 g/mol. The van der Waals surface area contributed by atoms with Gasteiger partial charge in [0.15, 0.2) is 0 Å². The maximum absolute atomic E-state index is 3.01. The average molecular weight is 525 g/mol. The first kappa shape index (κ1) is 19.9. The van der Waals surface area contributed by atoms with Crippen molar-refractivity contribution in [2.75, 3.05) is 0 Å². The molecule has 2 aromatic carbocycles. The van der Waals surface area contributed by atoms with Gasteiger partial charge in [0, 0.05) is 8.84 Å². The van der Waals surface area contributed by atoms with Gasteiger partial charge < -0.3 is 0 Å². The zero-order valence-corrected chi connectivity index (χ0v) is 21.5. The van der Waals surface area contributed by atoms with Gasteiger partial charge in [0.2, 0.25) is 0 Å². The van der Waals surface area contributed by atoms with Crippen LogP contribution in [0.2, 0.25) is 0 Å². The van der Waals surface area contributed by atoms with Crippen LogP contribution in [-0.2, 0) is 5.41 Å². The summed E-state index contributed by atoms with van der Waals surface area (Å²) in [5.41, 5.74) is 3.76. The highest BCUT2D eigenvalue weighted by molar-refractivity contribution is 14.1. The summed E-state index contributed by atoms with van der Waals surface area (Å²) in [4.78, 5) is 0. The zero-order chi connectivity index (χ0) is 21.1. The van der Waals surface area contributed by atoms with Crippen molar-refractivity contribution >= 4 is 33.4 Å². The van der Waals surface area contributed by atoms with Gasteiger partial charge in [0.25, 0.3) is 0 Å². The molecule has 6 fully saturated rings. The molecule has 6 aliphatic carbocycles. The Balaban J connectivity index is 1.23. The Hall–Kier alpha value is -0.570. The Morgan fingerprint density at radius 2 is 1.29 bits per heavy atom. The first-order valence-corrected chi connectivity index (χ1v) is 14.4. The van der Waals surface area contributed by atoms with E-state index in [2.05, 4.69) is 78.9 Å². The van der Waals surface area contributed by atoms with E-state index in [1.165, 1.54) is 68.6 Å². The minimum absolute atomic E-state index is 0.580. The molecule has 6 aliphatic rings. The Morgan fingerprint density at radius 1 is 0.677 bits per heavy atom. The van der Waals surface area contributed by atoms with Crippen LogP contribution in [0.15, 0.2) is 42.5 Å². The van der Waals surface area contributed by atoms with Crippen molar-refractivity contribution in [3.05, 3.63) is 48.0 Å². The lowest BCUT2D eigenvalue weighted by atomic mass is 8.87. The molecule has 0 bridgehead atoms. The lowest BCUT2D eigenvalue weighted by Crippen LogP contribution is -3.20. The minimum Gasteiger partial charge on any atom is -0.0776 e. The fourth-order valence-electron chi connectivity index (χ4n) is 10.9. The SMILES string of the molecule is CCCCCCC12C3C4C1(I)C1C2C3(c2ccc3ccccc3c2)C41CCCCCC. The van der Waals surface area contributed by atoms with Gasteiger partial charge in [-0.25, -0.2) is 0 Å². The highest BCUT2D eigenvalue weighted by atomic mass is 127. The topological polar surface area (TPSA) is 0 Å². The average Bonchev–Trinajstić information content (AvgIpc) is 2.80. The van der Waals surface area contributed by atoms with Crippen molar-refractivity contribution in [1.29, 1.82) is 0 Å². The van der Waals surface area contributed by atoms with E-state index in [9.17, 15) is 0 Å². The third-order valence-corrected chi connectivity index (χ3v) is 13.7. The molecule has 0 aliphatic heterocycles. The smallest absolute Gasteiger partial charge is 0.0358 e. The Bertz CT molecular complexity index is 1030. The monoisotopic (exact) mass is 524 g/mol. The van der Waals surface area contributed by atoms with Crippen LogP contribution in [0.25, 0.3) is 10.8 Å². The van der Waals surface area contributed by atoms with Crippen LogP contribution in [-0.4, -0.2) is 3.42 Å². The first-order valence-electron chi connectivity index (χ1n) is 13.4. The molecule has 8 rings (SSSR count). The second-order valence-electron chi connectivity index (χ2n) is 11.8. The fraction of sp³-hybridized carbons (Fsp3) is 0.667. The molecule has 0 nitrogen and oxygen atoms in total. The molecule has 164 valence electrons. The lowest BCUT2D eigenvalue weighted by Gasteiger charge is -3.19. The fourth-order valence-corrected chi connectivity index (χ4v) is 13.7. The summed E-state index contributed by atoms with van der Waals surface area (Å²) in [7, 11) is 0. The molecular formula is C30H37I. The Kier molecular flexibility index (Phi) is 4.04. The van der Waals surface area contributed by atoms with Crippen LogP contribution in [0, 0.1) is 34.5 Å². The first-order chi connectivity index (χ1) is 15.2. The van der Waals surface area contributed by atoms with Gasteiger partial charge in [-0.05, 0) is 63.7 Å². The van der Waals surface area contributed by atoms with E-state index in [0.717, 1.165) is 32.5 Å². The van der Waals surface area contributed by atoms with E-state index < -0.39 is 0 Å². The quantitative estimate of drug-likeness (QED) is 0.157. The number of alkyl halides is 1. The van der Waals surface area contributed by atoms with Gasteiger partial charge in [0.1, 0.15) is 0 Å². The van der Waals surface area contributed by atoms with E-state index in [0.29, 0.717) is 10.8 Å². The van der Waals surface area contributed by atoms with Crippen molar-refractivity contribution < 1.29 is 0 Å². The van der Waals surface area contributed by atoms with E-state index >= 15 is 0 Å². The van der Waals surface area contributed by atoms with Crippen LogP contribution >= 0.6 is 22.6 Å². The molecule has 0 spiro atoms. The van der Waals surface area contributed by atoms with Gasteiger partial charge in [-0.1, -0.05) is 130 Å². The van der Waals surface area contributed by atoms with Crippen LogP contribution in [0.1, 0.15) is 83.6 Å². The third-order valence-electron chi connectivity index (χ3n) is 11.4. The third kappa shape index (κ3) is 1.72. The number of unbranched alkanes of at least 4 members (excludes halogenated alkanes) is 6. The number of benzene rings is 2. The second kappa shape index (κ2) is 6.30. The van der Waals surface area contributed by atoms with Crippen molar-refractivity contribution in [2.45, 2.75) is 86.9 Å². The minimum atomic E-state index is 0.580. The number of halogens is 1. The predicted octanol–water partition coefficient (Wildman–Crippen LogP) is 8.70. The molecule has 1 heteroatoms. The van der Waals surface area contributed by atoms with Crippen LogP contribution < -0.4 is 0 Å². The summed E-state index contributed by atoms with van der Waals surface area (Å²) < 4.78 is 0.718. The maximum Gasteiger partial charge on any atom is 0.0358 e. The van der Waals surface area contributed by atoms with Crippen molar-refractivity contribution in [3.8, 4) is 0 Å². The highest BCUT2D eigenvalue weighted by Gasteiger charge is 3.18. The van der Waals surface area contributed by atoms with Crippen molar-refractivity contribution in [2.24, 2.45) is 34.5 Å². The van der Waals surface area contributed by atoms with Crippen LogP contribution in [0.4, 0.5) is 0 Å². The van der Waals surface area contributed by atoms with Crippen molar-refractivity contribution in [3.63, 3.8) is 0 Å². The summed E-state index contributed by atoms with van der Waals surface area (Å²) in [6.45, 7) is 4.70. The van der Waals surface area contributed by atoms with E-state index in [4.69, 9.17) is 0 Å². The van der Waals surface area contributed by atoms with E-state index in [1.807, 2.05) is 0 Å².